The number of fused-ring (bicyclic) bond motifs is 1. The molecule has 1 aliphatic heterocycles. The van der Waals surface area contributed by atoms with Crippen molar-refractivity contribution in [1.82, 2.24) is 0 Å². The first-order valence-corrected chi connectivity index (χ1v) is 5.15. The van der Waals surface area contributed by atoms with Crippen molar-refractivity contribution < 1.29 is 4.74 Å². The molecule has 1 heterocycles. The second-order valence-electron chi connectivity index (χ2n) is 3.46. The maximum absolute atomic E-state index is 5.64. The number of rotatable bonds is 0. The highest BCUT2D eigenvalue weighted by atomic mass is 79.9. The SMILES string of the molecule is Cc1cc(Br)cc2c1OCC(C)N2. The summed E-state index contributed by atoms with van der Waals surface area (Å²) in [5, 5.41) is 3.39. The predicted octanol–water partition coefficient (Wildman–Crippen LogP) is 2.95. The van der Waals surface area contributed by atoms with Crippen LogP contribution in [-0.4, -0.2) is 12.6 Å². The topological polar surface area (TPSA) is 21.3 Å². The molecule has 2 rings (SSSR count). The summed E-state index contributed by atoms with van der Waals surface area (Å²) >= 11 is 3.47. The van der Waals surface area contributed by atoms with Crippen LogP contribution in [0.3, 0.4) is 0 Å². The van der Waals surface area contributed by atoms with Crippen molar-refractivity contribution in [2.45, 2.75) is 19.9 Å². The Balaban J connectivity index is 2.47. The van der Waals surface area contributed by atoms with E-state index in [4.69, 9.17) is 4.74 Å². The van der Waals surface area contributed by atoms with Crippen LogP contribution in [-0.2, 0) is 0 Å². The van der Waals surface area contributed by atoms with Gasteiger partial charge in [-0.05, 0) is 31.5 Å². The third-order valence-electron chi connectivity index (χ3n) is 2.12. The molecule has 1 aliphatic rings. The van der Waals surface area contributed by atoms with Gasteiger partial charge in [0.2, 0.25) is 0 Å². The van der Waals surface area contributed by atoms with E-state index in [1.165, 1.54) is 5.56 Å². The molecule has 0 fully saturated rings. The first-order chi connectivity index (χ1) is 6.16. The Morgan fingerprint density at radius 1 is 1.54 bits per heavy atom. The third kappa shape index (κ3) is 1.66. The lowest BCUT2D eigenvalue weighted by Crippen LogP contribution is -2.28. The van der Waals surface area contributed by atoms with Gasteiger partial charge in [-0.2, -0.15) is 0 Å². The van der Waals surface area contributed by atoms with E-state index in [9.17, 15) is 0 Å². The molecule has 0 saturated carbocycles. The molecule has 1 N–H and O–H groups in total. The van der Waals surface area contributed by atoms with Gasteiger partial charge in [-0.25, -0.2) is 0 Å². The number of hydrogen-bond acceptors (Lipinski definition) is 2. The first-order valence-electron chi connectivity index (χ1n) is 4.36. The molecule has 1 aromatic carbocycles. The minimum absolute atomic E-state index is 0.390. The molecule has 1 aromatic rings. The lowest BCUT2D eigenvalue weighted by atomic mass is 10.1. The highest BCUT2D eigenvalue weighted by Crippen LogP contribution is 2.35. The van der Waals surface area contributed by atoms with E-state index in [0.717, 1.165) is 22.5 Å². The second-order valence-corrected chi connectivity index (χ2v) is 4.37. The van der Waals surface area contributed by atoms with E-state index in [0.29, 0.717) is 6.04 Å². The van der Waals surface area contributed by atoms with Crippen molar-refractivity contribution in [1.29, 1.82) is 0 Å². The highest BCUT2D eigenvalue weighted by molar-refractivity contribution is 9.10. The van der Waals surface area contributed by atoms with Gasteiger partial charge in [0.25, 0.3) is 0 Å². The summed E-state index contributed by atoms with van der Waals surface area (Å²) in [5.74, 6) is 0.987. The number of ether oxygens (including phenoxy) is 1. The fourth-order valence-corrected chi connectivity index (χ4v) is 2.12. The molecular weight excluding hydrogens is 230 g/mol. The lowest BCUT2D eigenvalue weighted by Gasteiger charge is -2.26. The summed E-state index contributed by atoms with van der Waals surface area (Å²) in [5.41, 5.74) is 2.26. The molecule has 2 nitrogen and oxygen atoms in total. The molecular formula is C10H12BrNO. The minimum Gasteiger partial charge on any atom is -0.489 e. The Hall–Kier alpha value is -0.700. The monoisotopic (exact) mass is 241 g/mol. The predicted molar refractivity (Wildman–Crippen MR) is 57.5 cm³/mol. The van der Waals surface area contributed by atoms with E-state index in [1.54, 1.807) is 0 Å². The summed E-state index contributed by atoms with van der Waals surface area (Å²) in [4.78, 5) is 0. The Labute approximate surface area is 86.4 Å². The molecule has 0 aromatic heterocycles. The van der Waals surface area contributed by atoms with Crippen LogP contribution in [0.4, 0.5) is 5.69 Å². The normalized spacial score (nSPS) is 20.1. The molecule has 0 amide bonds. The number of halogens is 1. The van der Waals surface area contributed by atoms with E-state index >= 15 is 0 Å². The molecule has 0 saturated heterocycles. The van der Waals surface area contributed by atoms with Gasteiger partial charge >= 0.3 is 0 Å². The molecule has 3 heteroatoms. The zero-order chi connectivity index (χ0) is 9.42. The van der Waals surface area contributed by atoms with Crippen LogP contribution in [0.15, 0.2) is 16.6 Å². The highest BCUT2D eigenvalue weighted by Gasteiger charge is 2.17. The average Bonchev–Trinajstić information content (AvgIpc) is 2.02. The molecule has 1 atom stereocenters. The Bertz CT molecular complexity index is 338. The van der Waals surface area contributed by atoms with E-state index in [2.05, 4.69) is 47.2 Å². The summed E-state index contributed by atoms with van der Waals surface area (Å²) in [6.45, 7) is 4.91. The Kier molecular flexibility index (Phi) is 2.20. The van der Waals surface area contributed by atoms with Gasteiger partial charge < -0.3 is 10.1 Å². The number of benzene rings is 1. The largest absolute Gasteiger partial charge is 0.489 e. The minimum atomic E-state index is 0.390. The van der Waals surface area contributed by atoms with Crippen LogP contribution in [0.5, 0.6) is 5.75 Å². The van der Waals surface area contributed by atoms with Crippen molar-refractivity contribution in [2.24, 2.45) is 0 Å². The molecule has 0 radical (unpaired) electrons. The van der Waals surface area contributed by atoms with Crippen LogP contribution in [0.1, 0.15) is 12.5 Å². The molecule has 70 valence electrons. The Morgan fingerprint density at radius 3 is 3.08 bits per heavy atom. The van der Waals surface area contributed by atoms with E-state index < -0.39 is 0 Å². The summed E-state index contributed by atoms with van der Waals surface area (Å²) in [6.07, 6.45) is 0. The molecule has 0 bridgehead atoms. The number of aryl methyl sites for hydroxylation is 1. The van der Waals surface area contributed by atoms with Crippen LogP contribution in [0.25, 0.3) is 0 Å². The van der Waals surface area contributed by atoms with Crippen LogP contribution < -0.4 is 10.1 Å². The van der Waals surface area contributed by atoms with Gasteiger partial charge in [-0.15, -0.1) is 0 Å². The van der Waals surface area contributed by atoms with Crippen LogP contribution in [0, 0.1) is 6.92 Å². The van der Waals surface area contributed by atoms with Crippen molar-refractivity contribution in [2.75, 3.05) is 11.9 Å². The van der Waals surface area contributed by atoms with Gasteiger partial charge in [0.05, 0.1) is 11.7 Å². The zero-order valence-corrected chi connectivity index (χ0v) is 9.31. The van der Waals surface area contributed by atoms with Crippen molar-refractivity contribution in [3.63, 3.8) is 0 Å². The number of anilines is 1. The second kappa shape index (κ2) is 3.22. The van der Waals surface area contributed by atoms with Crippen LogP contribution in [0.2, 0.25) is 0 Å². The summed E-state index contributed by atoms with van der Waals surface area (Å²) < 4.78 is 6.73. The molecule has 0 spiro atoms. The van der Waals surface area contributed by atoms with Crippen molar-refractivity contribution in [3.8, 4) is 5.75 Å². The van der Waals surface area contributed by atoms with Crippen molar-refractivity contribution in [3.05, 3.63) is 22.2 Å². The van der Waals surface area contributed by atoms with Gasteiger partial charge in [-0.1, -0.05) is 15.9 Å². The standard InChI is InChI=1S/C10H12BrNO/c1-6-3-8(11)4-9-10(6)13-5-7(2)12-9/h3-4,7,12H,5H2,1-2H3. The summed E-state index contributed by atoms with van der Waals surface area (Å²) in [7, 11) is 0. The van der Waals surface area contributed by atoms with Gasteiger partial charge in [0.15, 0.2) is 0 Å². The van der Waals surface area contributed by atoms with E-state index in [1.807, 2.05) is 0 Å². The maximum atomic E-state index is 5.64. The van der Waals surface area contributed by atoms with E-state index in [-0.39, 0.29) is 0 Å². The Morgan fingerprint density at radius 2 is 2.31 bits per heavy atom. The molecule has 13 heavy (non-hydrogen) atoms. The first kappa shape index (κ1) is 8.88. The number of hydrogen-bond donors (Lipinski definition) is 1. The maximum Gasteiger partial charge on any atom is 0.145 e. The van der Waals surface area contributed by atoms with Gasteiger partial charge in [0.1, 0.15) is 12.4 Å². The smallest absolute Gasteiger partial charge is 0.145 e. The summed E-state index contributed by atoms with van der Waals surface area (Å²) in [6, 6.07) is 4.51. The quantitative estimate of drug-likeness (QED) is 0.755. The zero-order valence-electron chi connectivity index (χ0n) is 7.73. The average molecular weight is 242 g/mol. The molecule has 0 aliphatic carbocycles. The van der Waals surface area contributed by atoms with Gasteiger partial charge in [0, 0.05) is 4.47 Å². The van der Waals surface area contributed by atoms with Crippen molar-refractivity contribution >= 4 is 21.6 Å². The van der Waals surface area contributed by atoms with Gasteiger partial charge in [-0.3, -0.25) is 0 Å². The number of nitrogens with one attached hydrogen (secondary N) is 1. The fourth-order valence-electron chi connectivity index (χ4n) is 1.54. The fraction of sp³-hybridized carbons (Fsp3) is 0.400. The molecule has 1 unspecified atom stereocenters. The van der Waals surface area contributed by atoms with Crippen LogP contribution >= 0.6 is 15.9 Å². The lowest BCUT2D eigenvalue weighted by molar-refractivity contribution is 0.290. The third-order valence-corrected chi connectivity index (χ3v) is 2.58.